The summed E-state index contributed by atoms with van der Waals surface area (Å²) in [4.78, 5) is 24.3. The maximum atomic E-state index is 11.4. The molecule has 0 unspecified atom stereocenters. The summed E-state index contributed by atoms with van der Waals surface area (Å²) in [7, 11) is 0. The predicted octanol–water partition coefficient (Wildman–Crippen LogP) is 2.05. The lowest BCUT2D eigenvalue weighted by atomic mass is 10.2. The van der Waals surface area contributed by atoms with Crippen molar-refractivity contribution >= 4 is 29.3 Å². The second-order valence-corrected chi connectivity index (χ2v) is 4.91. The van der Waals surface area contributed by atoms with Gasteiger partial charge in [-0.25, -0.2) is 4.79 Å². The first-order chi connectivity index (χ1) is 8.02. The Labute approximate surface area is 104 Å². The van der Waals surface area contributed by atoms with E-state index in [1.165, 1.54) is 11.0 Å². The summed E-state index contributed by atoms with van der Waals surface area (Å²) in [6.07, 6.45) is 3.41. The van der Waals surface area contributed by atoms with Crippen LogP contribution in [0.3, 0.4) is 0 Å². The molecular formula is C12H15NO3S. The van der Waals surface area contributed by atoms with Crippen LogP contribution in [-0.2, 0) is 9.59 Å². The number of aryl methyl sites for hydroxylation is 1. The Hall–Kier alpha value is -1.62. The van der Waals surface area contributed by atoms with E-state index in [-0.39, 0.29) is 5.91 Å². The van der Waals surface area contributed by atoms with Crippen molar-refractivity contribution in [2.24, 2.45) is 0 Å². The Balaban J connectivity index is 2.54. The van der Waals surface area contributed by atoms with Crippen molar-refractivity contribution in [3.8, 4) is 0 Å². The Morgan fingerprint density at radius 2 is 2.24 bits per heavy atom. The molecule has 0 radical (unpaired) electrons. The average Bonchev–Trinajstić information content (AvgIpc) is 2.68. The third-order valence-corrected chi connectivity index (χ3v) is 3.15. The number of carboxylic acids is 1. The summed E-state index contributed by atoms with van der Waals surface area (Å²) >= 11 is 1.58. The zero-order chi connectivity index (χ0) is 12.8. The number of carbonyl (C=O) groups excluding carboxylic acids is 1. The first-order valence-electron chi connectivity index (χ1n) is 5.30. The number of nitrogens with one attached hydrogen (secondary N) is 1. The highest BCUT2D eigenvalue weighted by Crippen LogP contribution is 2.16. The lowest BCUT2D eigenvalue weighted by Gasteiger charge is -2.09. The molecule has 0 spiro atoms. The zero-order valence-corrected chi connectivity index (χ0v) is 10.6. The molecule has 17 heavy (non-hydrogen) atoms. The largest absolute Gasteiger partial charge is 0.480 e. The van der Waals surface area contributed by atoms with Crippen LogP contribution in [0.5, 0.6) is 0 Å². The van der Waals surface area contributed by atoms with Gasteiger partial charge >= 0.3 is 5.97 Å². The van der Waals surface area contributed by atoms with Crippen LogP contribution >= 0.6 is 11.3 Å². The molecule has 1 heterocycles. The second kappa shape index (κ2) is 6.20. The quantitative estimate of drug-likeness (QED) is 0.789. The van der Waals surface area contributed by atoms with Crippen LogP contribution in [0.25, 0.3) is 6.08 Å². The molecule has 0 saturated heterocycles. The van der Waals surface area contributed by atoms with Crippen LogP contribution in [0.1, 0.15) is 23.1 Å². The number of aliphatic carboxylic acids is 1. The van der Waals surface area contributed by atoms with E-state index in [9.17, 15) is 9.59 Å². The van der Waals surface area contributed by atoms with E-state index in [0.29, 0.717) is 6.42 Å². The van der Waals surface area contributed by atoms with Crippen LogP contribution < -0.4 is 5.32 Å². The number of thiophene rings is 1. The van der Waals surface area contributed by atoms with Crippen molar-refractivity contribution in [3.63, 3.8) is 0 Å². The fourth-order valence-electron chi connectivity index (χ4n) is 1.26. The first-order valence-corrected chi connectivity index (χ1v) is 6.12. The number of amides is 1. The molecule has 0 aromatic carbocycles. The van der Waals surface area contributed by atoms with Crippen LogP contribution in [0.4, 0.5) is 0 Å². The standard InChI is InChI=1S/C12H15NO3S/c1-3-10(12(15)16)13-11(14)7-6-9-5-4-8(2)17-9/h4-7,10H,3H2,1-2H3,(H,13,14)(H,15,16)/b7-6+/t10-/m0/s1. The minimum absolute atomic E-state index is 0.368. The Kier molecular flexibility index (Phi) is 4.90. The smallest absolute Gasteiger partial charge is 0.326 e. The Bertz CT molecular complexity index is 437. The molecule has 1 aromatic heterocycles. The molecule has 1 rings (SSSR count). The minimum Gasteiger partial charge on any atom is -0.480 e. The molecule has 0 aliphatic heterocycles. The van der Waals surface area contributed by atoms with Crippen molar-refractivity contribution < 1.29 is 14.7 Å². The lowest BCUT2D eigenvalue weighted by Crippen LogP contribution is -2.39. The van der Waals surface area contributed by atoms with Gasteiger partial charge in [0.05, 0.1) is 0 Å². The summed E-state index contributed by atoms with van der Waals surface area (Å²) in [5, 5.41) is 11.2. The monoisotopic (exact) mass is 253 g/mol. The van der Waals surface area contributed by atoms with Crippen molar-refractivity contribution in [2.75, 3.05) is 0 Å². The molecule has 0 saturated carbocycles. The van der Waals surface area contributed by atoms with Gasteiger partial charge in [0.15, 0.2) is 0 Å². The summed E-state index contributed by atoms with van der Waals surface area (Å²) in [6, 6.07) is 3.06. The van der Waals surface area contributed by atoms with Gasteiger partial charge in [-0.1, -0.05) is 6.92 Å². The average molecular weight is 253 g/mol. The fraction of sp³-hybridized carbons (Fsp3) is 0.333. The number of carboxylic acid groups (broad SMARTS) is 1. The number of carbonyl (C=O) groups is 2. The van der Waals surface area contributed by atoms with Crippen molar-refractivity contribution in [2.45, 2.75) is 26.3 Å². The van der Waals surface area contributed by atoms with Crippen molar-refractivity contribution in [1.29, 1.82) is 0 Å². The first kappa shape index (κ1) is 13.4. The normalized spacial score (nSPS) is 12.6. The molecule has 0 bridgehead atoms. The van der Waals surface area contributed by atoms with E-state index < -0.39 is 12.0 Å². The molecule has 5 heteroatoms. The number of hydrogen-bond acceptors (Lipinski definition) is 3. The van der Waals surface area contributed by atoms with Gasteiger partial charge in [0.25, 0.3) is 0 Å². The Morgan fingerprint density at radius 1 is 1.53 bits per heavy atom. The van der Waals surface area contributed by atoms with E-state index in [4.69, 9.17) is 5.11 Å². The molecule has 0 aliphatic carbocycles. The lowest BCUT2D eigenvalue weighted by molar-refractivity contribution is -0.141. The van der Waals surface area contributed by atoms with Gasteiger partial charge in [-0.05, 0) is 31.6 Å². The summed E-state index contributed by atoms with van der Waals surface area (Å²) in [5.74, 6) is -1.40. The molecular weight excluding hydrogens is 238 g/mol. The van der Waals surface area contributed by atoms with Crippen LogP contribution in [0.2, 0.25) is 0 Å². The molecule has 1 atom stereocenters. The second-order valence-electron chi connectivity index (χ2n) is 3.59. The number of rotatable bonds is 5. The van der Waals surface area contributed by atoms with E-state index in [0.717, 1.165) is 4.88 Å². The van der Waals surface area contributed by atoms with E-state index in [1.54, 1.807) is 24.3 Å². The third-order valence-electron chi connectivity index (χ3n) is 2.18. The summed E-state index contributed by atoms with van der Waals surface area (Å²) < 4.78 is 0. The van der Waals surface area contributed by atoms with Gasteiger partial charge in [-0.3, -0.25) is 4.79 Å². The fourth-order valence-corrected chi connectivity index (χ4v) is 2.04. The highest BCUT2D eigenvalue weighted by Gasteiger charge is 2.15. The minimum atomic E-state index is -1.01. The topological polar surface area (TPSA) is 66.4 Å². The number of hydrogen-bond donors (Lipinski definition) is 2. The Morgan fingerprint density at radius 3 is 2.71 bits per heavy atom. The van der Waals surface area contributed by atoms with Gasteiger partial charge in [0.1, 0.15) is 6.04 Å². The van der Waals surface area contributed by atoms with E-state index in [2.05, 4.69) is 5.32 Å². The van der Waals surface area contributed by atoms with Crippen LogP contribution in [0, 0.1) is 6.92 Å². The van der Waals surface area contributed by atoms with Gasteiger partial charge in [0, 0.05) is 15.8 Å². The molecule has 4 nitrogen and oxygen atoms in total. The van der Waals surface area contributed by atoms with Crippen molar-refractivity contribution in [3.05, 3.63) is 28.0 Å². The maximum Gasteiger partial charge on any atom is 0.326 e. The van der Waals surface area contributed by atoms with E-state index >= 15 is 0 Å². The molecule has 1 amide bonds. The maximum absolute atomic E-state index is 11.4. The molecule has 2 N–H and O–H groups in total. The molecule has 0 fully saturated rings. The van der Waals surface area contributed by atoms with Gasteiger partial charge in [0.2, 0.25) is 5.91 Å². The predicted molar refractivity (Wildman–Crippen MR) is 67.9 cm³/mol. The van der Waals surface area contributed by atoms with Gasteiger partial charge in [-0.15, -0.1) is 11.3 Å². The van der Waals surface area contributed by atoms with Gasteiger partial charge < -0.3 is 10.4 Å². The molecule has 92 valence electrons. The van der Waals surface area contributed by atoms with Crippen LogP contribution in [0.15, 0.2) is 18.2 Å². The van der Waals surface area contributed by atoms with Gasteiger partial charge in [-0.2, -0.15) is 0 Å². The summed E-state index contributed by atoms with van der Waals surface area (Å²) in [5.41, 5.74) is 0. The highest BCUT2D eigenvalue weighted by molar-refractivity contribution is 7.12. The molecule has 1 aromatic rings. The third kappa shape index (κ3) is 4.40. The SMILES string of the molecule is CC[C@H](NC(=O)/C=C/c1ccc(C)s1)C(=O)O. The molecule has 0 aliphatic rings. The van der Waals surface area contributed by atoms with Crippen LogP contribution in [-0.4, -0.2) is 23.0 Å². The van der Waals surface area contributed by atoms with Crippen molar-refractivity contribution in [1.82, 2.24) is 5.32 Å². The summed E-state index contributed by atoms with van der Waals surface area (Å²) in [6.45, 7) is 3.70. The highest BCUT2D eigenvalue weighted by atomic mass is 32.1. The zero-order valence-electron chi connectivity index (χ0n) is 9.77. The van der Waals surface area contributed by atoms with E-state index in [1.807, 2.05) is 19.1 Å².